The number of carboxylic acids is 1. The predicted octanol–water partition coefficient (Wildman–Crippen LogP) is -0.00320. The van der Waals surface area contributed by atoms with Gasteiger partial charge in [0.2, 0.25) is 6.41 Å². The number of thioether (sulfide) groups is 1. The molecule has 1 saturated heterocycles. The van der Waals surface area contributed by atoms with Crippen LogP contribution in [0.15, 0.2) is 21.3 Å². The highest BCUT2D eigenvalue weighted by Crippen LogP contribution is 2.41. The number of fused-ring (bicyclic) bond motifs is 1. The van der Waals surface area contributed by atoms with E-state index in [9.17, 15) is 24.3 Å². The number of carbonyl (C=O) groups is 4. The Morgan fingerprint density at radius 3 is 2.93 bits per heavy atom. The Morgan fingerprint density at radius 1 is 1.54 bits per heavy atom. The fraction of sp³-hybridized carbons (Fsp3) is 0.286. The number of nitrogens with zero attached hydrogens (tertiary/aromatic N) is 3. The van der Waals surface area contributed by atoms with Gasteiger partial charge in [0.1, 0.15) is 29.9 Å². The summed E-state index contributed by atoms with van der Waals surface area (Å²) in [6, 6.07) is -0.954. The van der Waals surface area contributed by atoms with Crippen molar-refractivity contribution in [1.29, 1.82) is 0 Å². The summed E-state index contributed by atoms with van der Waals surface area (Å²) in [5.41, 5.74) is -0.338. The molecule has 0 aliphatic carbocycles. The number of aromatic nitrogens is 1. The van der Waals surface area contributed by atoms with E-state index in [1.165, 1.54) is 24.3 Å². The van der Waals surface area contributed by atoms with Crippen molar-refractivity contribution in [2.45, 2.75) is 11.4 Å². The zero-order valence-corrected chi connectivity index (χ0v) is 16.4. The molecule has 11 nitrogen and oxygen atoms in total. The molecule has 3 heterocycles. The van der Waals surface area contributed by atoms with Gasteiger partial charge >= 0.3 is 5.97 Å². The number of thiazole rings is 1. The van der Waals surface area contributed by atoms with Crippen LogP contribution < -0.4 is 10.6 Å². The highest BCUT2D eigenvalue weighted by molar-refractivity contribution is 8.00. The van der Waals surface area contributed by atoms with E-state index in [1.807, 2.05) is 0 Å². The second-order valence-corrected chi connectivity index (χ2v) is 7.76. The maximum Gasteiger partial charge on any atom is 0.353 e. The van der Waals surface area contributed by atoms with Gasteiger partial charge in [0, 0.05) is 11.1 Å². The van der Waals surface area contributed by atoms with Gasteiger partial charge in [-0.15, -0.1) is 23.1 Å². The number of aliphatic carboxylic acids is 1. The summed E-state index contributed by atoms with van der Waals surface area (Å²) in [7, 11) is 1.24. The summed E-state index contributed by atoms with van der Waals surface area (Å²) < 4.78 is 0. The van der Waals surface area contributed by atoms with Crippen LogP contribution in [0.25, 0.3) is 0 Å². The first-order valence-corrected chi connectivity index (χ1v) is 9.84. The lowest BCUT2D eigenvalue weighted by Gasteiger charge is -2.48. The van der Waals surface area contributed by atoms with Crippen LogP contribution in [0.5, 0.6) is 0 Å². The maximum absolute atomic E-state index is 12.6. The minimum atomic E-state index is -1.31. The van der Waals surface area contributed by atoms with E-state index >= 15 is 0 Å². The van der Waals surface area contributed by atoms with Crippen molar-refractivity contribution in [1.82, 2.24) is 15.2 Å². The summed E-state index contributed by atoms with van der Waals surface area (Å²) in [5, 5.41) is 19.0. The second kappa shape index (κ2) is 8.16. The molecule has 2 atom stereocenters. The summed E-state index contributed by atoms with van der Waals surface area (Å²) in [4.78, 5) is 56.6. The Bertz CT molecular complexity index is 916. The van der Waals surface area contributed by atoms with E-state index in [4.69, 9.17) is 11.6 Å². The van der Waals surface area contributed by atoms with Crippen molar-refractivity contribution >= 4 is 69.7 Å². The minimum absolute atomic E-state index is 0.0613. The summed E-state index contributed by atoms with van der Waals surface area (Å²) in [6.07, 6.45) is 0.441. The molecule has 28 heavy (non-hydrogen) atoms. The molecule has 14 heteroatoms. The van der Waals surface area contributed by atoms with E-state index in [1.54, 1.807) is 0 Å². The Hall–Kier alpha value is -2.64. The highest BCUT2D eigenvalue weighted by atomic mass is 35.5. The Balaban J connectivity index is 1.77. The molecule has 0 saturated carbocycles. The third kappa shape index (κ3) is 3.55. The van der Waals surface area contributed by atoms with Crippen molar-refractivity contribution < 1.29 is 29.1 Å². The molecule has 1 aromatic rings. The van der Waals surface area contributed by atoms with Gasteiger partial charge in [-0.25, -0.2) is 9.78 Å². The van der Waals surface area contributed by atoms with Crippen molar-refractivity contribution in [3.63, 3.8) is 0 Å². The first kappa shape index (κ1) is 20.1. The first-order chi connectivity index (χ1) is 13.4. The van der Waals surface area contributed by atoms with Crippen molar-refractivity contribution in [2.75, 3.05) is 18.2 Å². The molecule has 0 aromatic carbocycles. The molecular formula is C14H12ClN5O6S2. The molecule has 2 aliphatic heterocycles. The van der Waals surface area contributed by atoms with E-state index in [-0.39, 0.29) is 33.0 Å². The van der Waals surface area contributed by atoms with E-state index < -0.39 is 29.2 Å². The number of β-lactam (4-membered cyclic amide) rings is 1. The van der Waals surface area contributed by atoms with E-state index in [0.29, 0.717) is 6.41 Å². The van der Waals surface area contributed by atoms with Crippen LogP contribution in [0.3, 0.4) is 0 Å². The van der Waals surface area contributed by atoms with Crippen LogP contribution >= 0.6 is 34.7 Å². The number of anilines is 1. The van der Waals surface area contributed by atoms with Crippen LogP contribution in [0.1, 0.15) is 5.69 Å². The predicted molar refractivity (Wildman–Crippen MR) is 101 cm³/mol. The fourth-order valence-corrected chi connectivity index (χ4v) is 4.79. The number of halogens is 1. The van der Waals surface area contributed by atoms with Crippen LogP contribution in [0, 0.1) is 0 Å². The zero-order chi connectivity index (χ0) is 20.4. The molecule has 3 N–H and O–H groups in total. The third-order valence-corrected chi connectivity index (χ3v) is 6.26. The molecule has 1 fully saturated rings. The normalized spacial score (nSPS) is 21.6. The number of nitrogens with one attached hydrogen (secondary N) is 2. The van der Waals surface area contributed by atoms with Gasteiger partial charge in [-0.2, -0.15) is 0 Å². The van der Waals surface area contributed by atoms with Gasteiger partial charge in [0.25, 0.3) is 11.8 Å². The van der Waals surface area contributed by atoms with Crippen molar-refractivity contribution in [2.24, 2.45) is 5.16 Å². The molecule has 1 unspecified atom stereocenters. The number of carboxylic acid groups (broad SMARTS) is 1. The number of oxime groups is 1. The first-order valence-electron chi connectivity index (χ1n) is 7.53. The second-order valence-electron chi connectivity index (χ2n) is 5.34. The average Bonchev–Trinajstić information content (AvgIpc) is 3.12. The quantitative estimate of drug-likeness (QED) is 0.229. The Labute approximate surface area is 170 Å². The van der Waals surface area contributed by atoms with Gasteiger partial charge in [-0.3, -0.25) is 19.3 Å². The molecule has 0 radical (unpaired) electrons. The van der Waals surface area contributed by atoms with Gasteiger partial charge in [0.05, 0.1) is 5.03 Å². The molecule has 1 aromatic heterocycles. The number of hydrogen-bond donors (Lipinski definition) is 3. The third-order valence-electron chi connectivity index (χ3n) is 3.74. The SMILES string of the molecule is CO/N=C(\C(=O)NC1C(=O)N2C(C(=O)O)=C(Cl)CS[C@H]12)c1csc(NC=O)n1. The molecule has 2 aliphatic rings. The number of rotatable bonds is 7. The standard InChI is InChI=1S/C14H12ClN5O6S2/c1-26-19-7(6-3-28-14(17-6)16-4-21)10(22)18-8-11(23)20-9(13(24)25)5(15)2-27-12(8)20/h3-4,8,12H,2H2,1H3,(H,18,22)(H,24,25)(H,16,17,21)/b19-7-/t8?,12-/m1/s1. The summed E-state index contributed by atoms with van der Waals surface area (Å²) in [5.74, 6) is -2.44. The van der Waals surface area contributed by atoms with Crippen molar-refractivity contribution in [3.8, 4) is 0 Å². The monoisotopic (exact) mass is 445 g/mol. The van der Waals surface area contributed by atoms with Gasteiger partial charge in [0.15, 0.2) is 10.8 Å². The smallest absolute Gasteiger partial charge is 0.353 e. The number of hydrogen-bond acceptors (Lipinski definition) is 9. The highest BCUT2D eigenvalue weighted by Gasteiger charge is 2.54. The number of amides is 3. The molecule has 3 amide bonds. The zero-order valence-electron chi connectivity index (χ0n) is 14.0. The Morgan fingerprint density at radius 2 is 2.29 bits per heavy atom. The average molecular weight is 446 g/mol. The molecule has 0 bridgehead atoms. The molecule has 3 rings (SSSR count). The number of carbonyl (C=O) groups excluding carboxylic acids is 3. The fourth-order valence-electron chi connectivity index (χ4n) is 2.59. The van der Waals surface area contributed by atoms with Crippen LogP contribution in [0.2, 0.25) is 0 Å². The lowest BCUT2D eigenvalue weighted by Crippen LogP contribution is -2.71. The molecule has 148 valence electrons. The van der Waals surface area contributed by atoms with Gasteiger partial charge in [-0.05, 0) is 0 Å². The van der Waals surface area contributed by atoms with E-state index in [0.717, 1.165) is 16.2 Å². The van der Waals surface area contributed by atoms with Gasteiger partial charge in [-0.1, -0.05) is 16.8 Å². The molecular weight excluding hydrogens is 434 g/mol. The summed E-state index contributed by atoms with van der Waals surface area (Å²) in [6.45, 7) is 0. The largest absolute Gasteiger partial charge is 0.477 e. The van der Waals surface area contributed by atoms with E-state index in [2.05, 4.69) is 25.6 Å². The lowest BCUT2D eigenvalue weighted by atomic mass is 10.0. The lowest BCUT2D eigenvalue weighted by molar-refractivity contribution is -0.150. The van der Waals surface area contributed by atoms with Crippen LogP contribution in [-0.4, -0.2) is 69.2 Å². The van der Waals surface area contributed by atoms with Crippen molar-refractivity contribution in [3.05, 3.63) is 21.8 Å². The molecule has 0 spiro atoms. The minimum Gasteiger partial charge on any atom is -0.477 e. The van der Waals surface area contributed by atoms with Crippen LogP contribution in [-0.2, 0) is 24.0 Å². The van der Waals surface area contributed by atoms with Gasteiger partial charge < -0.3 is 20.6 Å². The van der Waals surface area contributed by atoms with Crippen LogP contribution in [0.4, 0.5) is 5.13 Å². The Kier molecular flexibility index (Phi) is 5.86. The topological polar surface area (TPSA) is 150 Å². The summed E-state index contributed by atoms with van der Waals surface area (Å²) >= 11 is 8.22. The maximum atomic E-state index is 12.6.